The minimum Gasteiger partial charge on any atom is -0.354 e. The van der Waals surface area contributed by atoms with Crippen LogP contribution in [0.1, 0.15) is 0 Å². The fraction of sp³-hybridized carbons (Fsp3) is 0. The molecular weight excluding hydrogens is 286 g/mol. The Hall–Kier alpha value is -2.45. The quantitative estimate of drug-likeness (QED) is 0.372. The highest BCUT2D eigenvalue weighted by molar-refractivity contribution is 7.99. The van der Waals surface area contributed by atoms with E-state index >= 15 is 0 Å². The molecule has 5 rings (SSSR count). The van der Waals surface area contributed by atoms with Crippen LogP contribution in [0.4, 0.5) is 0 Å². The first-order chi connectivity index (χ1) is 10.9. The van der Waals surface area contributed by atoms with Crippen LogP contribution < -0.4 is 0 Å². The Morgan fingerprint density at radius 2 is 1.27 bits per heavy atom. The molecule has 1 aliphatic heterocycles. The van der Waals surface area contributed by atoms with Gasteiger partial charge in [-0.15, -0.1) is 0 Å². The third kappa shape index (κ3) is 1.62. The van der Waals surface area contributed by atoms with E-state index in [1.165, 1.54) is 43.1 Å². The Labute approximate surface area is 133 Å². The van der Waals surface area contributed by atoms with Gasteiger partial charge in [0.1, 0.15) is 0 Å². The number of para-hydroxylation sites is 1. The minimum atomic E-state index is 1.20. The van der Waals surface area contributed by atoms with Crippen LogP contribution in [-0.4, -0.2) is 4.98 Å². The lowest BCUT2D eigenvalue weighted by atomic mass is 9.98. The summed E-state index contributed by atoms with van der Waals surface area (Å²) in [5, 5.41) is 1.29. The molecule has 1 aromatic heterocycles. The summed E-state index contributed by atoms with van der Waals surface area (Å²) in [6.07, 6.45) is 0. The molecule has 0 saturated heterocycles. The summed E-state index contributed by atoms with van der Waals surface area (Å²) in [6, 6.07) is 25.9. The van der Waals surface area contributed by atoms with Crippen molar-refractivity contribution in [2.24, 2.45) is 0 Å². The van der Waals surface area contributed by atoms with Gasteiger partial charge < -0.3 is 4.98 Å². The van der Waals surface area contributed by atoms with Crippen LogP contribution in [0, 0.1) is 0 Å². The summed E-state index contributed by atoms with van der Waals surface area (Å²) >= 11 is 1.85. The molecule has 22 heavy (non-hydrogen) atoms. The van der Waals surface area contributed by atoms with Crippen molar-refractivity contribution in [3.05, 3.63) is 72.8 Å². The first-order valence-electron chi connectivity index (χ1n) is 7.39. The van der Waals surface area contributed by atoms with Crippen molar-refractivity contribution >= 4 is 22.7 Å². The van der Waals surface area contributed by atoms with E-state index in [1.807, 2.05) is 11.8 Å². The van der Waals surface area contributed by atoms with Crippen molar-refractivity contribution in [2.45, 2.75) is 9.79 Å². The highest BCUT2D eigenvalue weighted by Gasteiger charge is 2.22. The Morgan fingerprint density at radius 1 is 0.636 bits per heavy atom. The van der Waals surface area contributed by atoms with E-state index in [4.69, 9.17) is 0 Å². The van der Waals surface area contributed by atoms with Gasteiger partial charge in [-0.05, 0) is 23.8 Å². The third-order valence-corrected chi connectivity index (χ3v) is 5.39. The van der Waals surface area contributed by atoms with Gasteiger partial charge in [-0.3, -0.25) is 0 Å². The molecule has 0 unspecified atom stereocenters. The monoisotopic (exact) mass is 299 g/mol. The molecule has 0 atom stereocenters. The van der Waals surface area contributed by atoms with Crippen molar-refractivity contribution in [1.82, 2.24) is 4.98 Å². The number of H-pyrrole nitrogens is 1. The highest BCUT2D eigenvalue weighted by Crippen LogP contribution is 2.49. The molecule has 3 aromatic carbocycles. The summed E-state index contributed by atoms with van der Waals surface area (Å²) in [5.74, 6) is 0. The second kappa shape index (κ2) is 4.52. The predicted molar refractivity (Wildman–Crippen MR) is 93.3 cm³/mol. The molecular formula is C20H13NS. The molecule has 1 N–H and O–H groups in total. The van der Waals surface area contributed by atoms with Crippen LogP contribution in [0.2, 0.25) is 0 Å². The molecule has 0 aliphatic carbocycles. The Kier molecular flexibility index (Phi) is 2.49. The molecule has 0 radical (unpaired) electrons. The standard InChI is InChI=1S/C20H13NS/c1-4-10-16-13(7-1)19-14-8-2-5-11-17(14)22-18-12-6-3-9-15(18)20(19)21-16/h1-12,21H. The summed E-state index contributed by atoms with van der Waals surface area (Å²) < 4.78 is 0. The zero-order valence-electron chi connectivity index (χ0n) is 11.8. The summed E-state index contributed by atoms with van der Waals surface area (Å²) in [5.41, 5.74) is 6.35. The number of hydrogen-bond donors (Lipinski definition) is 1. The highest BCUT2D eigenvalue weighted by atomic mass is 32.2. The first kappa shape index (κ1) is 12.1. The van der Waals surface area contributed by atoms with Crippen LogP contribution >= 0.6 is 11.8 Å². The molecule has 1 aliphatic rings. The van der Waals surface area contributed by atoms with E-state index in [-0.39, 0.29) is 0 Å². The van der Waals surface area contributed by atoms with Gasteiger partial charge in [0.2, 0.25) is 0 Å². The van der Waals surface area contributed by atoms with Crippen molar-refractivity contribution in [2.75, 3.05) is 0 Å². The number of aromatic nitrogens is 1. The largest absolute Gasteiger partial charge is 0.354 e. The zero-order valence-corrected chi connectivity index (χ0v) is 12.7. The van der Waals surface area contributed by atoms with Crippen LogP contribution in [0.25, 0.3) is 33.3 Å². The smallest absolute Gasteiger partial charge is 0.0556 e. The van der Waals surface area contributed by atoms with Gasteiger partial charge in [-0.1, -0.05) is 66.4 Å². The van der Waals surface area contributed by atoms with Gasteiger partial charge in [-0.25, -0.2) is 0 Å². The molecule has 0 saturated carbocycles. The number of hydrogen-bond acceptors (Lipinski definition) is 1. The van der Waals surface area contributed by atoms with Crippen LogP contribution in [0.15, 0.2) is 82.6 Å². The van der Waals surface area contributed by atoms with Crippen molar-refractivity contribution in [3.8, 4) is 22.4 Å². The van der Waals surface area contributed by atoms with Gasteiger partial charge >= 0.3 is 0 Å². The van der Waals surface area contributed by atoms with E-state index < -0.39 is 0 Å². The molecule has 0 fully saturated rings. The molecule has 1 nitrogen and oxygen atoms in total. The van der Waals surface area contributed by atoms with Crippen molar-refractivity contribution in [3.63, 3.8) is 0 Å². The van der Waals surface area contributed by atoms with E-state index in [9.17, 15) is 0 Å². The van der Waals surface area contributed by atoms with Crippen molar-refractivity contribution in [1.29, 1.82) is 0 Å². The topological polar surface area (TPSA) is 15.8 Å². The fourth-order valence-electron chi connectivity index (χ4n) is 3.27. The maximum Gasteiger partial charge on any atom is 0.0556 e. The number of nitrogens with one attached hydrogen (secondary N) is 1. The number of benzene rings is 3. The van der Waals surface area contributed by atoms with Gasteiger partial charge in [0.05, 0.1) is 5.69 Å². The van der Waals surface area contributed by atoms with E-state index in [0.717, 1.165) is 0 Å². The van der Waals surface area contributed by atoms with E-state index in [1.54, 1.807) is 0 Å². The van der Waals surface area contributed by atoms with Crippen LogP contribution in [-0.2, 0) is 0 Å². The molecule has 2 heteroatoms. The molecule has 104 valence electrons. The lowest BCUT2D eigenvalue weighted by Gasteiger charge is -2.06. The van der Waals surface area contributed by atoms with E-state index in [0.29, 0.717) is 0 Å². The maximum absolute atomic E-state index is 3.64. The van der Waals surface area contributed by atoms with Gasteiger partial charge in [-0.2, -0.15) is 0 Å². The zero-order chi connectivity index (χ0) is 14.5. The van der Waals surface area contributed by atoms with E-state index in [2.05, 4.69) is 77.8 Å². The third-order valence-electron chi connectivity index (χ3n) is 4.24. The lowest BCUT2D eigenvalue weighted by Crippen LogP contribution is -1.81. The van der Waals surface area contributed by atoms with Gasteiger partial charge in [0.25, 0.3) is 0 Å². The maximum atomic E-state index is 3.64. The van der Waals surface area contributed by atoms with Gasteiger partial charge in [0.15, 0.2) is 0 Å². The van der Waals surface area contributed by atoms with Crippen LogP contribution in [0.3, 0.4) is 0 Å². The minimum absolute atomic E-state index is 1.20. The second-order valence-corrected chi connectivity index (χ2v) is 6.60. The Balaban J connectivity index is 2.00. The van der Waals surface area contributed by atoms with Crippen molar-refractivity contribution < 1.29 is 0 Å². The SMILES string of the molecule is c1ccc2c(c1)Sc1ccccc1-c1c-2[nH]c2ccccc12. The fourth-order valence-corrected chi connectivity index (χ4v) is 4.36. The second-order valence-electron chi connectivity index (χ2n) is 5.51. The summed E-state index contributed by atoms with van der Waals surface area (Å²) in [6.45, 7) is 0. The summed E-state index contributed by atoms with van der Waals surface area (Å²) in [4.78, 5) is 6.26. The molecule has 0 amide bonds. The summed E-state index contributed by atoms with van der Waals surface area (Å²) in [7, 11) is 0. The number of rotatable bonds is 0. The molecule has 2 heterocycles. The Bertz CT molecular complexity index is 1010. The molecule has 0 spiro atoms. The molecule has 0 bridgehead atoms. The predicted octanol–water partition coefficient (Wildman–Crippen LogP) is 5.97. The lowest BCUT2D eigenvalue weighted by molar-refractivity contribution is 1.38. The van der Waals surface area contributed by atoms with Gasteiger partial charge in [0, 0.05) is 31.8 Å². The van der Waals surface area contributed by atoms with Crippen LogP contribution in [0.5, 0.6) is 0 Å². The Morgan fingerprint density at radius 3 is 2.14 bits per heavy atom. The average Bonchev–Trinajstić information content (AvgIpc) is 2.89. The number of aromatic amines is 1. The normalized spacial score (nSPS) is 12.4. The first-order valence-corrected chi connectivity index (χ1v) is 8.21. The molecule has 4 aromatic rings. The number of fused-ring (bicyclic) bond motifs is 7. The average molecular weight is 299 g/mol.